The van der Waals surface area contributed by atoms with Gasteiger partial charge in [0.2, 0.25) is 63.2 Å². The number of aromatic nitrogens is 2. The number of ether oxygens (including phenoxy) is 4. The van der Waals surface area contributed by atoms with E-state index in [1.54, 1.807) is 94.4 Å². The van der Waals surface area contributed by atoms with E-state index in [2.05, 4.69) is 74.1 Å². The molecular formula is C77H105B2ClN12O23S3. The van der Waals surface area contributed by atoms with Crippen LogP contribution in [0.15, 0.2) is 104 Å². The number of rotatable bonds is 27. The lowest BCUT2D eigenvalue weighted by atomic mass is 9.85. The maximum absolute atomic E-state index is 14.6. The molecule has 2 unspecified atom stereocenters. The standard InChI is InChI=1S/C38H48N6O9S.C14H22N2O5S.C9H12BNO3.C9H14N2O3S.C7H8BNO3.ClH/c1-9-23-19-38(23,34(47)43-54(49,50)25-15-16-25)41-32(45)27-17-24(20-44(27)33(46)31(36(3,4)5)40-35(48)52-37(6,7)8)51-28-18-26(22-13-11-10-12-14-22)39-29-21(2)42-53-30(28)29;1-5-9-8-14(9,15-12(18)21-13(2,3)4)11(17)16-22(19,20)10-6-7-10;1-3-6-5-9(6,11-8(10)13)7(12)14-4-2;1-2-6-5-9(6,10)8(12)11-15(13,14)7-3-4-7;1-2-4-3-7(4,5(10)11)9-6(8)12;/h9-14,18,23-25,27,31H,1,15-17,19-20H2,2-8H3,(H,40,48)(H,41,45)(H,43,47);5,9-10H,1,6-8H2,2-4H3,(H,15,18)(H,16,17);3,6H,1,4-5H2,2H3,(H,11,13);2,6-7H,1,3-5,10H2,(H,11,12);2,4H,1,3H2,(H,9,12)(H,10,11);1H/t23-,24-,27+,31-,38-;9-,14-;;6-,9-;4-,7-;/m11.11./s1. The van der Waals surface area contributed by atoms with Crippen molar-refractivity contribution in [1.82, 2.24) is 55.8 Å². The van der Waals surface area contributed by atoms with Crippen molar-refractivity contribution in [2.75, 3.05) is 13.2 Å². The molecule has 11 N–H and O–H groups in total. The molecule has 12 rings (SSSR count). The van der Waals surface area contributed by atoms with Crippen LogP contribution >= 0.6 is 12.4 Å². The summed E-state index contributed by atoms with van der Waals surface area (Å²) in [7, 11) is -1.25. The summed E-state index contributed by atoms with van der Waals surface area (Å²) in [6, 6.07) is 8.84. The van der Waals surface area contributed by atoms with Crippen LogP contribution in [-0.2, 0) is 77.8 Å². The number of carboxylic acids is 1. The van der Waals surface area contributed by atoms with Gasteiger partial charge in [-0.3, -0.25) is 47.7 Å². The number of fused-ring (bicyclic) bond motifs is 1. The molecule has 1 saturated heterocycles. The van der Waals surface area contributed by atoms with Gasteiger partial charge in [0.1, 0.15) is 68.3 Å². The average Bonchev–Trinajstić information content (AvgIpc) is 1.59. The van der Waals surface area contributed by atoms with Gasteiger partial charge in [0.05, 0.1) is 34.6 Å². The molecule has 642 valence electrons. The van der Waals surface area contributed by atoms with Gasteiger partial charge in [-0.05, 0) is 131 Å². The Morgan fingerprint density at radius 2 is 1.06 bits per heavy atom. The van der Waals surface area contributed by atoms with E-state index in [0.29, 0.717) is 86.9 Å². The number of sulfonamides is 3. The van der Waals surface area contributed by atoms with Crippen LogP contribution in [0, 0.1) is 41.9 Å². The van der Waals surface area contributed by atoms with Crippen molar-refractivity contribution in [3.05, 3.63) is 105 Å². The Morgan fingerprint density at radius 3 is 1.47 bits per heavy atom. The molecule has 1 aromatic carbocycles. The predicted molar refractivity (Wildman–Crippen MR) is 436 cm³/mol. The maximum Gasteiger partial charge on any atom is 0.408 e. The fourth-order valence-corrected chi connectivity index (χ4v) is 17.2. The van der Waals surface area contributed by atoms with Gasteiger partial charge in [0, 0.05) is 47.6 Å². The lowest BCUT2D eigenvalue weighted by Crippen LogP contribution is -2.60. The first-order chi connectivity index (χ1) is 54.2. The summed E-state index contributed by atoms with van der Waals surface area (Å²) in [6.45, 7) is 37.1. The van der Waals surface area contributed by atoms with Crippen LogP contribution in [0.2, 0.25) is 0 Å². The Hall–Kier alpha value is -9.66. The van der Waals surface area contributed by atoms with Gasteiger partial charge in [-0.25, -0.2) is 49.4 Å². The molecule has 9 amide bonds. The molecule has 35 nitrogen and oxygen atoms in total. The van der Waals surface area contributed by atoms with Crippen molar-refractivity contribution in [3.8, 4) is 17.0 Å². The minimum absolute atomic E-state index is 0. The molecule has 0 bridgehead atoms. The van der Waals surface area contributed by atoms with Gasteiger partial charge in [-0.15, -0.1) is 45.3 Å². The summed E-state index contributed by atoms with van der Waals surface area (Å²) in [5, 5.41) is 23.9. The lowest BCUT2D eigenvalue weighted by molar-refractivity contribution is -0.147. The molecule has 0 spiro atoms. The molecule has 1 aliphatic heterocycles. The number of nitrogens with two attached hydrogens (primary N) is 1. The summed E-state index contributed by atoms with van der Waals surface area (Å²) in [5.41, 5.74) is 0.0137. The summed E-state index contributed by atoms with van der Waals surface area (Å²) in [5.74, 6) is -7.43. The van der Waals surface area contributed by atoms with E-state index in [9.17, 15) is 78.0 Å². The number of benzene rings is 1. The summed E-state index contributed by atoms with van der Waals surface area (Å²) >= 11 is 0. The minimum Gasteiger partial charge on any atom is -0.484 e. The Labute approximate surface area is 695 Å². The first kappa shape index (κ1) is 95.5. The van der Waals surface area contributed by atoms with E-state index in [1.807, 2.05) is 35.1 Å². The van der Waals surface area contributed by atoms with Crippen LogP contribution in [0.25, 0.3) is 22.4 Å². The zero-order chi connectivity index (χ0) is 87.5. The van der Waals surface area contributed by atoms with E-state index < -0.39 is 180 Å². The van der Waals surface area contributed by atoms with Crippen LogP contribution in [0.4, 0.5) is 19.2 Å². The van der Waals surface area contributed by atoms with Gasteiger partial charge >= 0.3 is 24.1 Å². The monoisotopic (exact) mass is 1720 g/mol. The van der Waals surface area contributed by atoms with Crippen LogP contribution in [0.1, 0.15) is 152 Å². The highest BCUT2D eigenvalue weighted by Gasteiger charge is 2.65. The van der Waals surface area contributed by atoms with Crippen molar-refractivity contribution in [2.24, 2.45) is 40.7 Å². The Bertz CT molecular complexity index is 4810. The highest BCUT2D eigenvalue weighted by atomic mass is 35.5. The van der Waals surface area contributed by atoms with Gasteiger partial charge in [0.15, 0.2) is 17.4 Å². The SMILES string of the molecule is C=C[C@@H]1C[C@]1(N)C(=O)NS(=O)(=O)C1CC1.C=C[C@@H]1C[C@]1(NC(=O)OC(C)(C)C)C(=O)NS(=O)(=O)C1CC1.C=C[C@@H]1C[C@]1(NC(=O)[C@@H]1C[C@@H](Oc2cc(-c3ccccc3)nc3c(C)noc23)CN1C(=O)[C@@H](NC(=O)OC(C)(C)C)C(C)(C)C)C(=O)NS(=O)(=O)C1CC1.Cl.[B]C(=O)NC1(C(=O)OCC)CC1C=C.[B]C(=O)N[C@]1(C(=O)O)C[C@H]1C=C. The number of nitrogens with zero attached hydrogens (tertiary/aromatic N) is 3. The molecule has 9 aliphatic rings. The Balaban J connectivity index is 0.000000243. The number of aryl methyl sites for hydroxylation is 1. The van der Waals surface area contributed by atoms with E-state index in [0.717, 1.165) is 5.56 Å². The molecule has 3 aromatic rings. The summed E-state index contributed by atoms with van der Waals surface area (Å²) < 4.78 is 106. The number of alkyl carbamates (subject to hydrolysis) is 2. The quantitative estimate of drug-likeness (QED) is 0.0197. The second-order valence-electron chi connectivity index (χ2n) is 33.5. The number of carboxylic acid groups (broad SMARTS) is 1. The Kier molecular flexibility index (Phi) is 29.2. The second kappa shape index (κ2) is 36.1. The highest BCUT2D eigenvalue weighted by molar-refractivity contribution is 7.91. The van der Waals surface area contributed by atoms with Crippen molar-refractivity contribution in [3.63, 3.8) is 0 Å². The van der Waals surface area contributed by atoms with Crippen molar-refractivity contribution >= 4 is 135 Å². The predicted octanol–water partition coefficient (Wildman–Crippen LogP) is 5.41. The molecular weight excluding hydrogens is 1610 g/mol. The third kappa shape index (κ3) is 23.2. The summed E-state index contributed by atoms with van der Waals surface area (Å²) in [6.07, 6.45) is 10.4. The van der Waals surface area contributed by atoms with E-state index in [1.165, 1.54) is 23.1 Å². The molecule has 13 atom stereocenters. The average molecular weight is 1720 g/mol. The molecule has 2 aromatic heterocycles. The van der Waals surface area contributed by atoms with E-state index >= 15 is 0 Å². The number of amides is 9. The lowest BCUT2D eigenvalue weighted by Gasteiger charge is -2.36. The minimum atomic E-state index is -3.92. The first-order valence-corrected chi connectivity index (χ1v) is 42.6. The van der Waals surface area contributed by atoms with Crippen LogP contribution < -0.4 is 51.2 Å². The fraction of sp³-hybridized carbons (Fsp3) is 0.571. The van der Waals surface area contributed by atoms with Gasteiger partial charge in [-0.2, -0.15) is 0 Å². The Morgan fingerprint density at radius 1 is 0.627 bits per heavy atom. The number of aliphatic carboxylic acids is 1. The van der Waals surface area contributed by atoms with Crippen LogP contribution in [0.5, 0.6) is 5.75 Å². The number of esters is 1. The topological polar surface area (TPSA) is 512 Å². The fourth-order valence-electron chi connectivity index (χ4n) is 13.1. The van der Waals surface area contributed by atoms with Crippen molar-refractivity contribution in [1.29, 1.82) is 0 Å². The third-order valence-corrected chi connectivity index (χ3v) is 26.2. The van der Waals surface area contributed by atoms with E-state index in [-0.39, 0.29) is 67.7 Å². The van der Waals surface area contributed by atoms with Crippen molar-refractivity contribution in [2.45, 2.75) is 226 Å². The molecule has 41 heteroatoms. The number of hydrogen-bond donors (Lipinski definition) is 10. The number of hydrogen-bond acceptors (Lipinski definition) is 25. The van der Waals surface area contributed by atoms with Gasteiger partial charge in [0.25, 0.3) is 17.7 Å². The third-order valence-electron chi connectivity index (χ3n) is 20.7. The normalized spacial score (nSPS) is 26.9. The van der Waals surface area contributed by atoms with Crippen molar-refractivity contribution < 1.29 is 107 Å². The van der Waals surface area contributed by atoms with Gasteiger partial charge in [-0.1, -0.05) is 86.6 Å². The van der Waals surface area contributed by atoms with Gasteiger partial charge < -0.3 is 65.8 Å². The molecule has 8 saturated carbocycles. The number of halogens is 1. The largest absolute Gasteiger partial charge is 0.484 e. The molecule has 118 heavy (non-hydrogen) atoms. The maximum atomic E-state index is 14.6. The number of pyridine rings is 1. The number of nitrogens with one attached hydrogen (secondary N) is 8. The first-order valence-electron chi connectivity index (χ1n) is 38.0. The zero-order valence-corrected chi connectivity index (χ0v) is 71.0. The molecule has 3 heterocycles. The number of likely N-dealkylation sites (tertiary alicyclic amines) is 1. The van der Waals surface area contributed by atoms with E-state index in [4.69, 9.17) is 55.0 Å². The second-order valence-corrected chi connectivity index (χ2v) is 39.4. The zero-order valence-electron chi connectivity index (χ0n) is 67.8. The van der Waals surface area contributed by atoms with Crippen LogP contribution in [-0.4, -0.2) is 212 Å². The summed E-state index contributed by atoms with van der Waals surface area (Å²) in [4.78, 5) is 141. The number of carbonyl (C=O) groups excluding carboxylic acids is 10. The molecule has 4 radical (unpaired) electrons. The van der Waals surface area contributed by atoms with Crippen LogP contribution in [0.3, 0.4) is 0 Å². The highest BCUT2D eigenvalue weighted by Crippen LogP contribution is 2.49. The smallest absolute Gasteiger partial charge is 0.408 e. The molecule has 9 fully saturated rings. The molecule has 8 aliphatic carbocycles. The number of carbonyl (C=O) groups is 11.